The van der Waals surface area contributed by atoms with E-state index in [0.29, 0.717) is 18.8 Å². The van der Waals surface area contributed by atoms with E-state index in [0.717, 1.165) is 33.5 Å². The van der Waals surface area contributed by atoms with Crippen molar-refractivity contribution >= 4 is 16.8 Å². The second kappa shape index (κ2) is 6.12. The van der Waals surface area contributed by atoms with Crippen LogP contribution < -0.4 is 9.47 Å². The number of aromatic amines is 1. The lowest BCUT2D eigenvalue weighted by Crippen LogP contribution is -2.30. The van der Waals surface area contributed by atoms with Crippen molar-refractivity contribution < 1.29 is 14.3 Å². The van der Waals surface area contributed by atoms with E-state index in [-0.39, 0.29) is 12.7 Å². The Morgan fingerprint density at radius 2 is 2.04 bits per heavy atom. The minimum absolute atomic E-state index is 0.0861. The van der Waals surface area contributed by atoms with Crippen molar-refractivity contribution in [3.63, 3.8) is 0 Å². The van der Waals surface area contributed by atoms with Crippen LogP contribution in [0.2, 0.25) is 0 Å². The Balaban J connectivity index is 1.61. The first-order valence-electron chi connectivity index (χ1n) is 8.28. The highest BCUT2D eigenvalue weighted by molar-refractivity contribution is 6.04. The van der Waals surface area contributed by atoms with Crippen LogP contribution in [0, 0.1) is 6.92 Å². The molecule has 0 radical (unpaired) electrons. The highest BCUT2D eigenvalue weighted by atomic mass is 16.7. The number of rotatable bonds is 4. The first-order chi connectivity index (χ1) is 12.2. The number of hydrogen-bond donors (Lipinski definition) is 1. The summed E-state index contributed by atoms with van der Waals surface area (Å²) in [4.78, 5) is 14.8. The van der Waals surface area contributed by atoms with E-state index in [9.17, 15) is 4.79 Å². The van der Waals surface area contributed by atoms with Crippen LogP contribution in [0.4, 0.5) is 0 Å². The molecule has 2 heterocycles. The fourth-order valence-corrected chi connectivity index (χ4v) is 3.03. The van der Waals surface area contributed by atoms with Gasteiger partial charge in [0.05, 0.1) is 5.52 Å². The molecule has 25 heavy (non-hydrogen) atoms. The Hall–Kier alpha value is -3.02. The lowest BCUT2D eigenvalue weighted by Gasteiger charge is -2.20. The number of fused-ring (bicyclic) bond motifs is 2. The highest BCUT2D eigenvalue weighted by Gasteiger charge is 2.21. The van der Waals surface area contributed by atoms with Gasteiger partial charge in [0.2, 0.25) is 6.79 Å². The average Bonchev–Trinajstić information content (AvgIpc) is 3.24. The molecule has 0 fully saturated rings. The summed E-state index contributed by atoms with van der Waals surface area (Å²) in [6.07, 6.45) is 0. The number of nitrogens with zero attached hydrogens (tertiary/aromatic N) is 2. The number of hydrogen-bond acceptors (Lipinski definition) is 4. The lowest BCUT2D eigenvalue weighted by molar-refractivity contribution is 0.0748. The van der Waals surface area contributed by atoms with E-state index in [2.05, 4.69) is 10.2 Å². The van der Waals surface area contributed by atoms with Gasteiger partial charge in [0.15, 0.2) is 17.2 Å². The topological polar surface area (TPSA) is 67.5 Å². The third-order valence-corrected chi connectivity index (χ3v) is 4.40. The summed E-state index contributed by atoms with van der Waals surface area (Å²) < 4.78 is 10.7. The smallest absolute Gasteiger partial charge is 0.275 e. The molecule has 1 N–H and O–H groups in total. The van der Waals surface area contributed by atoms with Gasteiger partial charge in [-0.15, -0.1) is 0 Å². The average molecular weight is 337 g/mol. The van der Waals surface area contributed by atoms with E-state index in [4.69, 9.17) is 9.47 Å². The lowest BCUT2D eigenvalue weighted by atomic mass is 10.1. The number of carbonyl (C=O) groups is 1. The third kappa shape index (κ3) is 2.80. The van der Waals surface area contributed by atoms with Gasteiger partial charge in [-0.1, -0.05) is 17.7 Å². The van der Waals surface area contributed by atoms with E-state index < -0.39 is 0 Å². The summed E-state index contributed by atoms with van der Waals surface area (Å²) in [5.41, 5.74) is 3.42. The zero-order valence-corrected chi connectivity index (χ0v) is 14.2. The summed E-state index contributed by atoms with van der Waals surface area (Å²) in [6.45, 7) is 5.29. The number of H-pyrrole nitrogens is 1. The summed E-state index contributed by atoms with van der Waals surface area (Å²) >= 11 is 0. The second-order valence-electron chi connectivity index (χ2n) is 6.13. The number of aromatic nitrogens is 2. The predicted octanol–water partition coefficient (Wildman–Crippen LogP) is 3.26. The Morgan fingerprint density at radius 3 is 2.88 bits per heavy atom. The molecular weight excluding hydrogens is 318 g/mol. The van der Waals surface area contributed by atoms with Crippen LogP contribution in [0.3, 0.4) is 0 Å². The largest absolute Gasteiger partial charge is 0.454 e. The monoisotopic (exact) mass is 337 g/mol. The van der Waals surface area contributed by atoms with E-state index >= 15 is 0 Å². The first-order valence-corrected chi connectivity index (χ1v) is 8.28. The van der Waals surface area contributed by atoms with Crippen molar-refractivity contribution in [1.29, 1.82) is 0 Å². The maximum Gasteiger partial charge on any atom is 0.275 e. The number of nitrogens with one attached hydrogen (secondary N) is 1. The highest BCUT2D eigenvalue weighted by Crippen LogP contribution is 2.33. The van der Waals surface area contributed by atoms with Crippen LogP contribution in [-0.4, -0.2) is 34.3 Å². The molecule has 6 nitrogen and oxygen atoms in total. The fraction of sp³-hybridized carbons (Fsp3) is 0.263. The van der Waals surface area contributed by atoms with Gasteiger partial charge in [-0.3, -0.25) is 9.89 Å². The molecule has 1 amide bonds. The number of carbonyl (C=O) groups excluding carboxylic acids is 1. The number of ether oxygens (including phenoxy) is 2. The number of benzene rings is 2. The molecular formula is C19H19N3O3. The zero-order chi connectivity index (χ0) is 17.4. The van der Waals surface area contributed by atoms with Gasteiger partial charge >= 0.3 is 0 Å². The molecule has 0 atom stereocenters. The molecule has 0 spiro atoms. The van der Waals surface area contributed by atoms with Crippen molar-refractivity contribution in [3.05, 3.63) is 53.2 Å². The summed E-state index contributed by atoms with van der Waals surface area (Å²) in [7, 11) is 0. The SMILES string of the molecule is CCN(Cc1ccc2c(c1)OCO2)C(=O)c1n[nH]c2ccc(C)cc12. The Bertz CT molecular complexity index is 948. The molecule has 1 aliphatic heterocycles. The number of aryl methyl sites for hydroxylation is 1. The van der Waals surface area contributed by atoms with Gasteiger partial charge in [0, 0.05) is 18.5 Å². The Labute approximate surface area is 145 Å². The van der Waals surface area contributed by atoms with Gasteiger partial charge in [0.1, 0.15) is 0 Å². The molecule has 0 unspecified atom stereocenters. The normalized spacial score (nSPS) is 12.6. The molecule has 0 saturated carbocycles. The fourth-order valence-electron chi connectivity index (χ4n) is 3.03. The molecule has 4 rings (SSSR count). The van der Waals surface area contributed by atoms with E-state index in [1.54, 1.807) is 4.90 Å². The zero-order valence-electron chi connectivity index (χ0n) is 14.2. The summed E-state index contributed by atoms with van der Waals surface area (Å²) in [5.74, 6) is 1.38. The summed E-state index contributed by atoms with van der Waals surface area (Å²) in [5, 5.41) is 8.04. The van der Waals surface area contributed by atoms with Crippen LogP contribution in [0.15, 0.2) is 36.4 Å². The summed E-state index contributed by atoms with van der Waals surface area (Å²) in [6, 6.07) is 11.7. The van der Waals surface area contributed by atoms with Crippen molar-refractivity contribution in [2.75, 3.05) is 13.3 Å². The Morgan fingerprint density at radius 1 is 1.20 bits per heavy atom. The van der Waals surface area contributed by atoms with Crippen LogP contribution in [0.5, 0.6) is 11.5 Å². The molecule has 1 aliphatic rings. The maximum atomic E-state index is 13.0. The quantitative estimate of drug-likeness (QED) is 0.793. The minimum Gasteiger partial charge on any atom is -0.454 e. The molecule has 0 aliphatic carbocycles. The van der Waals surface area contributed by atoms with Crippen LogP contribution in [-0.2, 0) is 6.54 Å². The minimum atomic E-state index is -0.0861. The van der Waals surface area contributed by atoms with Gasteiger partial charge in [-0.25, -0.2) is 0 Å². The first kappa shape index (κ1) is 15.5. The molecule has 6 heteroatoms. The van der Waals surface area contributed by atoms with Gasteiger partial charge in [-0.2, -0.15) is 5.10 Å². The van der Waals surface area contributed by atoms with Gasteiger partial charge in [0.25, 0.3) is 5.91 Å². The molecule has 0 saturated heterocycles. The molecule has 1 aromatic heterocycles. The van der Waals surface area contributed by atoms with Gasteiger partial charge < -0.3 is 14.4 Å². The number of amides is 1. The molecule has 3 aromatic rings. The van der Waals surface area contributed by atoms with E-state index in [1.165, 1.54) is 0 Å². The second-order valence-corrected chi connectivity index (χ2v) is 6.13. The van der Waals surface area contributed by atoms with Crippen molar-refractivity contribution in [2.45, 2.75) is 20.4 Å². The van der Waals surface area contributed by atoms with E-state index in [1.807, 2.05) is 50.2 Å². The van der Waals surface area contributed by atoms with Crippen molar-refractivity contribution in [3.8, 4) is 11.5 Å². The van der Waals surface area contributed by atoms with Crippen LogP contribution in [0.1, 0.15) is 28.5 Å². The molecule has 0 bridgehead atoms. The predicted molar refractivity (Wildman–Crippen MR) is 93.8 cm³/mol. The molecule has 2 aromatic carbocycles. The van der Waals surface area contributed by atoms with Crippen molar-refractivity contribution in [2.24, 2.45) is 0 Å². The third-order valence-electron chi connectivity index (χ3n) is 4.40. The standard InChI is InChI=1S/C19H19N3O3/c1-3-22(10-13-5-7-16-17(9-13)25-11-24-16)19(23)18-14-8-12(2)4-6-15(14)20-21-18/h4-9H,3,10-11H2,1-2H3,(H,20,21). The van der Waals surface area contributed by atoms with Crippen molar-refractivity contribution in [1.82, 2.24) is 15.1 Å². The van der Waals surface area contributed by atoms with Crippen LogP contribution in [0.25, 0.3) is 10.9 Å². The van der Waals surface area contributed by atoms with Crippen LogP contribution >= 0.6 is 0 Å². The maximum absolute atomic E-state index is 13.0. The Kier molecular flexibility index (Phi) is 3.80. The van der Waals surface area contributed by atoms with Gasteiger partial charge in [-0.05, 0) is 43.7 Å². The molecule has 128 valence electrons.